The van der Waals surface area contributed by atoms with Crippen LogP contribution in [0, 0.1) is 19.8 Å². The van der Waals surface area contributed by atoms with Crippen molar-refractivity contribution in [1.29, 1.82) is 0 Å². The van der Waals surface area contributed by atoms with Gasteiger partial charge in [0, 0.05) is 32.0 Å². The van der Waals surface area contributed by atoms with Crippen LogP contribution in [0.4, 0.5) is 13.2 Å². The highest BCUT2D eigenvalue weighted by atomic mass is 32.1. The average Bonchev–Trinajstić information content (AvgIpc) is 3.00. The maximum Gasteiger partial charge on any atom is 0.416 e. The molecule has 2 atom stereocenters. The molecule has 2 fully saturated rings. The van der Waals surface area contributed by atoms with E-state index in [1.54, 1.807) is 23.5 Å². The summed E-state index contributed by atoms with van der Waals surface area (Å²) in [6, 6.07) is 5.83. The molecule has 5 rings (SSSR count). The summed E-state index contributed by atoms with van der Waals surface area (Å²) in [5.41, 5.74) is 1.55. The van der Waals surface area contributed by atoms with Crippen LogP contribution < -0.4 is 0 Å². The van der Waals surface area contributed by atoms with Gasteiger partial charge >= 0.3 is 6.18 Å². The second-order valence-electron chi connectivity index (χ2n) is 9.47. The molecule has 0 bridgehead atoms. The fourth-order valence-electron chi connectivity index (χ4n) is 5.33. The van der Waals surface area contributed by atoms with Gasteiger partial charge in [-0.15, -0.1) is 21.5 Å². The molecule has 176 valence electrons. The molecule has 1 aliphatic carbocycles. The quantitative estimate of drug-likeness (QED) is 0.443. The van der Waals surface area contributed by atoms with Gasteiger partial charge in [0.2, 0.25) is 0 Å². The minimum Gasteiger partial charge on any atom is -0.313 e. The van der Waals surface area contributed by atoms with E-state index in [9.17, 15) is 13.2 Å². The van der Waals surface area contributed by atoms with Crippen LogP contribution in [0.5, 0.6) is 0 Å². The highest BCUT2D eigenvalue weighted by Gasteiger charge is 2.60. The number of alkyl halides is 3. The fourth-order valence-corrected chi connectivity index (χ4v) is 6.27. The fraction of sp³-hybridized carbons (Fsp3) is 0.542. The van der Waals surface area contributed by atoms with Crippen molar-refractivity contribution < 1.29 is 13.2 Å². The monoisotopic (exact) mass is 475 g/mol. The Labute approximate surface area is 195 Å². The van der Waals surface area contributed by atoms with Crippen LogP contribution in [0.3, 0.4) is 0 Å². The van der Waals surface area contributed by atoms with E-state index in [1.807, 2.05) is 20.9 Å². The van der Waals surface area contributed by atoms with Crippen molar-refractivity contribution in [2.45, 2.75) is 51.1 Å². The lowest BCUT2D eigenvalue weighted by Gasteiger charge is -2.21. The van der Waals surface area contributed by atoms with Crippen molar-refractivity contribution in [3.8, 4) is 10.7 Å². The topological polar surface area (TPSA) is 46.8 Å². The van der Waals surface area contributed by atoms with Crippen LogP contribution in [0.2, 0.25) is 0 Å². The lowest BCUT2D eigenvalue weighted by atomic mass is 9.94. The standard InChI is InChI=1S/C24H28F3N5S/c1-15-21(33-16(2)28-15)22-30-29-20(31(22)3)6-4-5-11-32-13-19-12-23(19,14-32)17-7-9-18(10-8-17)24(25,26)27/h7-10,19H,4-6,11-14H2,1-3H3/t19-,23+/m0/s1. The predicted molar refractivity (Wildman–Crippen MR) is 122 cm³/mol. The number of hydrogen-bond donors (Lipinski definition) is 0. The number of piperidine rings is 1. The molecular weight excluding hydrogens is 447 g/mol. The Balaban J connectivity index is 1.13. The van der Waals surface area contributed by atoms with Crippen molar-refractivity contribution in [1.82, 2.24) is 24.6 Å². The number of halogens is 3. The third-order valence-corrected chi connectivity index (χ3v) is 8.27. The summed E-state index contributed by atoms with van der Waals surface area (Å²) in [4.78, 5) is 8.04. The minimum absolute atomic E-state index is 0.0629. The summed E-state index contributed by atoms with van der Waals surface area (Å²) < 4.78 is 40.7. The first-order valence-corrected chi connectivity index (χ1v) is 12.2. The maximum atomic E-state index is 12.9. The number of likely N-dealkylation sites (tertiary alicyclic amines) is 1. The molecular formula is C24H28F3N5S. The molecule has 1 saturated carbocycles. The molecule has 0 radical (unpaired) electrons. The summed E-state index contributed by atoms with van der Waals surface area (Å²) >= 11 is 1.65. The number of thiazole rings is 1. The molecule has 1 aliphatic heterocycles. The number of hydrogen-bond acceptors (Lipinski definition) is 5. The van der Waals surface area contributed by atoms with Gasteiger partial charge in [0.05, 0.1) is 21.1 Å². The zero-order chi connectivity index (χ0) is 23.4. The van der Waals surface area contributed by atoms with E-state index in [0.717, 1.165) is 78.1 Å². The summed E-state index contributed by atoms with van der Waals surface area (Å²) in [7, 11) is 2.01. The first-order valence-electron chi connectivity index (χ1n) is 11.4. The molecule has 3 heterocycles. The molecule has 0 spiro atoms. The molecule has 2 aromatic heterocycles. The van der Waals surface area contributed by atoms with Crippen LogP contribution in [-0.2, 0) is 25.1 Å². The van der Waals surface area contributed by atoms with Crippen LogP contribution in [0.25, 0.3) is 10.7 Å². The maximum absolute atomic E-state index is 12.9. The molecule has 2 aliphatic rings. The highest BCUT2D eigenvalue weighted by molar-refractivity contribution is 7.15. The Morgan fingerprint density at radius 3 is 2.55 bits per heavy atom. The average molecular weight is 476 g/mol. The van der Waals surface area contributed by atoms with Crippen LogP contribution in [0.15, 0.2) is 24.3 Å². The minimum atomic E-state index is -4.28. The summed E-state index contributed by atoms with van der Waals surface area (Å²) in [5, 5.41) is 9.83. The Kier molecular flexibility index (Phi) is 5.60. The van der Waals surface area contributed by atoms with Crippen molar-refractivity contribution in [3.63, 3.8) is 0 Å². The Morgan fingerprint density at radius 1 is 1.12 bits per heavy atom. The van der Waals surface area contributed by atoms with Crippen LogP contribution in [-0.4, -0.2) is 44.3 Å². The van der Waals surface area contributed by atoms with E-state index in [0.29, 0.717) is 5.92 Å². The zero-order valence-electron chi connectivity index (χ0n) is 19.1. The zero-order valence-corrected chi connectivity index (χ0v) is 19.9. The second kappa shape index (κ2) is 8.20. The Morgan fingerprint density at radius 2 is 1.88 bits per heavy atom. The van der Waals surface area contributed by atoms with Gasteiger partial charge in [0.25, 0.3) is 0 Å². The van der Waals surface area contributed by atoms with Gasteiger partial charge in [0.1, 0.15) is 5.82 Å². The third kappa shape index (κ3) is 4.21. The summed E-state index contributed by atoms with van der Waals surface area (Å²) in [6.45, 7) is 7.00. The Bertz CT molecular complexity index is 1150. The predicted octanol–water partition coefficient (Wildman–Crippen LogP) is 5.17. The SMILES string of the molecule is Cc1nc(C)c(-c2nnc(CCCCN3C[C@@H]4C[C@]4(c4ccc(C(F)(F)F)cc4)C3)n2C)s1. The van der Waals surface area contributed by atoms with Gasteiger partial charge < -0.3 is 9.47 Å². The van der Waals surface area contributed by atoms with Gasteiger partial charge in [-0.05, 0) is 63.3 Å². The molecule has 5 nitrogen and oxygen atoms in total. The van der Waals surface area contributed by atoms with Crippen molar-refractivity contribution in [3.05, 3.63) is 51.9 Å². The van der Waals surface area contributed by atoms with E-state index in [-0.39, 0.29) is 5.41 Å². The first-order chi connectivity index (χ1) is 15.7. The third-order valence-electron chi connectivity index (χ3n) is 7.20. The van der Waals surface area contributed by atoms with Crippen molar-refractivity contribution >= 4 is 11.3 Å². The number of benzene rings is 1. The van der Waals surface area contributed by atoms with Crippen LogP contribution >= 0.6 is 11.3 Å². The van der Waals surface area contributed by atoms with Gasteiger partial charge in [-0.3, -0.25) is 0 Å². The number of nitrogens with zero attached hydrogens (tertiary/aromatic N) is 5. The van der Waals surface area contributed by atoms with E-state index in [4.69, 9.17) is 0 Å². The van der Waals surface area contributed by atoms with Crippen molar-refractivity contribution in [2.75, 3.05) is 19.6 Å². The van der Waals surface area contributed by atoms with Gasteiger partial charge in [-0.1, -0.05) is 12.1 Å². The first kappa shape index (κ1) is 22.5. The Hall–Kier alpha value is -2.26. The summed E-state index contributed by atoms with van der Waals surface area (Å²) in [6.07, 6.45) is -0.213. The molecule has 0 unspecified atom stereocenters. The molecule has 1 aromatic carbocycles. The number of rotatable bonds is 7. The molecule has 1 saturated heterocycles. The van der Waals surface area contributed by atoms with Gasteiger partial charge in [0.15, 0.2) is 5.82 Å². The molecule has 9 heteroatoms. The highest BCUT2D eigenvalue weighted by Crippen LogP contribution is 2.59. The smallest absolute Gasteiger partial charge is 0.313 e. The second-order valence-corrected chi connectivity index (χ2v) is 10.7. The lowest BCUT2D eigenvalue weighted by molar-refractivity contribution is -0.137. The number of fused-ring (bicyclic) bond motifs is 1. The van der Waals surface area contributed by atoms with Gasteiger partial charge in [-0.25, -0.2) is 4.98 Å². The normalized spacial score (nSPS) is 22.7. The lowest BCUT2D eigenvalue weighted by Crippen LogP contribution is -2.27. The van der Waals surface area contributed by atoms with Crippen molar-refractivity contribution in [2.24, 2.45) is 13.0 Å². The summed E-state index contributed by atoms with van der Waals surface area (Å²) in [5.74, 6) is 2.44. The number of aryl methyl sites for hydroxylation is 3. The van der Waals surface area contributed by atoms with Gasteiger partial charge in [-0.2, -0.15) is 13.2 Å². The molecule has 0 N–H and O–H groups in total. The van der Waals surface area contributed by atoms with E-state index in [1.165, 1.54) is 12.1 Å². The molecule has 0 amide bonds. The number of aromatic nitrogens is 4. The molecule has 33 heavy (non-hydrogen) atoms. The van der Waals surface area contributed by atoms with Crippen LogP contribution in [0.1, 0.15) is 46.9 Å². The number of unbranched alkanes of at least 4 members (excludes halogenated alkanes) is 1. The van der Waals surface area contributed by atoms with E-state index < -0.39 is 11.7 Å². The largest absolute Gasteiger partial charge is 0.416 e. The molecule has 3 aromatic rings. The van der Waals surface area contributed by atoms with E-state index >= 15 is 0 Å². The van der Waals surface area contributed by atoms with E-state index in [2.05, 4.69) is 24.6 Å².